The van der Waals surface area contributed by atoms with Crippen LogP contribution in [-0.2, 0) is 6.42 Å². The lowest BCUT2D eigenvalue weighted by Gasteiger charge is -2.00. The number of halogens is 3. The van der Waals surface area contributed by atoms with Gasteiger partial charge in [0.25, 0.3) is 5.91 Å². The Morgan fingerprint density at radius 3 is 2.52 bits per heavy atom. The van der Waals surface area contributed by atoms with Crippen LogP contribution in [0.3, 0.4) is 0 Å². The minimum atomic E-state index is -0.878. The Morgan fingerprint density at radius 2 is 1.93 bits per heavy atom. The summed E-state index contributed by atoms with van der Waals surface area (Å²) in [7, 11) is 0. The molecule has 0 radical (unpaired) electrons. The lowest BCUT2D eigenvalue weighted by Crippen LogP contribution is -2.11. The van der Waals surface area contributed by atoms with Gasteiger partial charge in [-0.15, -0.1) is 0 Å². The number of H-pyrrole nitrogens is 1. The van der Waals surface area contributed by atoms with Crippen LogP contribution < -0.4 is 5.32 Å². The number of hydrogen-bond donors (Lipinski definition) is 2. The van der Waals surface area contributed by atoms with E-state index < -0.39 is 17.5 Å². The fraction of sp³-hybridized carbons (Fsp3) is 0.105. The molecule has 0 fully saturated rings. The van der Waals surface area contributed by atoms with Crippen molar-refractivity contribution in [2.45, 2.75) is 13.3 Å². The SMILES string of the molecule is CCc1c(F)cc(F)cc1F.O=C(Nc1cn[nH]c1)c1cc(-c2ccco2)on1. The fourth-order valence-electron chi connectivity index (χ4n) is 2.34. The third-order valence-electron chi connectivity index (χ3n) is 3.72. The Kier molecular flexibility index (Phi) is 6.12. The van der Waals surface area contributed by atoms with Crippen molar-refractivity contribution in [3.8, 4) is 11.5 Å². The molecule has 3 aromatic heterocycles. The van der Waals surface area contributed by atoms with Gasteiger partial charge in [-0.1, -0.05) is 12.1 Å². The number of nitrogens with one attached hydrogen (secondary N) is 2. The molecule has 3 heterocycles. The number of amides is 1. The quantitative estimate of drug-likeness (QED) is 0.519. The van der Waals surface area contributed by atoms with Crippen molar-refractivity contribution in [1.82, 2.24) is 15.4 Å². The van der Waals surface area contributed by atoms with E-state index in [2.05, 4.69) is 20.7 Å². The lowest BCUT2D eigenvalue weighted by molar-refractivity contribution is 0.101. The molecule has 4 rings (SSSR count). The highest BCUT2D eigenvalue weighted by molar-refractivity contribution is 6.03. The van der Waals surface area contributed by atoms with Gasteiger partial charge >= 0.3 is 0 Å². The van der Waals surface area contributed by atoms with Crippen molar-refractivity contribution in [2.75, 3.05) is 5.32 Å². The summed E-state index contributed by atoms with van der Waals surface area (Å²) in [6, 6.07) is 6.32. The number of benzene rings is 1. The molecule has 150 valence electrons. The summed E-state index contributed by atoms with van der Waals surface area (Å²) in [5.41, 5.74) is 0.663. The minimum absolute atomic E-state index is 0.0635. The zero-order valence-electron chi connectivity index (χ0n) is 15.1. The molecule has 0 aliphatic carbocycles. The molecule has 29 heavy (non-hydrogen) atoms. The molecule has 7 nitrogen and oxygen atoms in total. The molecule has 0 unspecified atom stereocenters. The number of carbonyl (C=O) groups is 1. The van der Waals surface area contributed by atoms with Crippen LogP contribution in [0.2, 0.25) is 0 Å². The van der Waals surface area contributed by atoms with Crippen LogP contribution in [0.4, 0.5) is 18.9 Å². The second-order valence-electron chi connectivity index (χ2n) is 5.70. The second kappa shape index (κ2) is 8.91. The summed E-state index contributed by atoms with van der Waals surface area (Å²) in [6.45, 7) is 1.61. The van der Waals surface area contributed by atoms with Crippen LogP contribution in [0, 0.1) is 17.5 Å². The molecule has 0 spiro atoms. The molecular weight excluding hydrogens is 389 g/mol. The van der Waals surface area contributed by atoms with Gasteiger partial charge in [-0.2, -0.15) is 5.10 Å². The van der Waals surface area contributed by atoms with Crippen LogP contribution in [-0.4, -0.2) is 21.3 Å². The highest BCUT2D eigenvalue weighted by Gasteiger charge is 2.15. The fourth-order valence-corrected chi connectivity index (χ4v) is 2.34. The first kappa shape index (κ1) is 19.9. The number of nitrogens with zero attached hydrogens (tertiary/aromatic N) is 2. The van der Waals surface area contributed by atoms with Gasteiger partial charge in [-0.25, -0.2) is 13.2 Å². The average molecular weight is 404 g/mol. The molecule has 0 saturated carbocycles. The Bertz CT molecular complexity index is 1050. The van der Waals surface area contributed by atoms with Gasteiger partial charge in [-0.05, 0) is 18.6 Å². The number of anilines is 1. The van der Waals surface area contributed by atoms with Gasteiger partial charge < -0.3 is 14.3 Å². The van der Waals surface area contributed by atoms with Gasteiger partial charge in [0.15, 0.2) is 11.5 Å². The smallest absolute Gasteiger partial charge is 0.277 e. The van der Waals surface area contributed by atoms with E-state index in [0.717, 1.165) is 0 Å². The first-order chi connectivity index (χ1) is 14.0. The first-order valence-corrected chi connectivity index (χ1v) is 8.42. The minimum Gasteiger partial charge on any atom is -0.461 e. The molecule has 0 bridgehead atoms. The molecule has 0 aliphatic heterocycles. The molecule has 10 heteroatoms. The third-order valence-corrected chi connectivity index (χ3v) is 3.72. The highest BCUT2D eigenvalue weighted by atomic mass is 19.1. The first-order valence-electron chi connectivity index (χ1n) is 8.42. The Morgan fingerprint density at radius 1 is 1.17 bits per heavy atom. The van der Waals surface area contributed by atoms with Crippen LogP contribution in [0.1, 0.15) is 23.0 Å². The van der Waals surface area contributed by atoms with Crippen LogP contribution in [0.5, 0.6) is 0 Å². The maximum Gasteiger partial charge on any atom is 0.277 e. The number of aromatic amines is 1. The van der Waals surface area contributed by atoms with Crippen molar-refractivity contribution in [1.29, 1.82) is 0 Å². The number of carbonyl (C=O) groups excluding carboxylic acids is 1. The normalized spacial score (nSPS) is 10.3. The van der Waals surface area contributed by atoms with Crippen LogP contribution in [0.15, 0.2) is 57.9 Å². The zero-order valence-corrected chi connectivity index (χ0v) is 15.1. The van der Waals surface area contributed by atoms with Gasteiger partial charge in [0, 0.05) is 30.0 Å². The summed E-state index contributed by atoms with van der Waals surface area (Å²) in [4.78, 5) is 11.8. The van der Waals surface area contributed by atoms with Crippen molar-refractivity contribution in [3.63, 3.8) is 0 Å². The standard InChI is InChI=1S/C11H8N4O3.C8H7F3/c16-11(14-7-5-12-13-6-7)8-4-10(18-15-8)9-2-1-3-17-9;1-2-6-7(10)3-5(9)4-8(6)11/h1-6H,(H,12,13)(H,14,16);3-4H,2H2,1H3. The maximum atomic E-state index is 12.6. The van der Waals surface area contributed by atoms with E-state index in [-0.39, 0.29) is 23.6 Å². The molecule has 4 aromatic rings. The van der Waals surface area contributed by atoms with Gasteiger partial charge in [0.2, 0.25) is 5.76 Å². The van der Waals surface area contributed by atoms with Crippen LogP contribution in [0.25, 0.3) is 11.5 Å². The molecule has 2 N–H and O–H groups in total. The van der Waals surface area contributed by atoms with Crippen LogP contribution >= 0.6 is 0 Å². The predicted octanol–water partition coefficient (Wildman–Crippen LogP) is 4.58. The largest absolute Gasteiger partial charge is 0.461 e. The van der Waals surface area contributed by atoms with Crippen molar-refractivity contribution in [2.24, 2.45) is 0 Å². The monoisotopic (exact) mass is 404 g/mol. The molecular formula is C19H15F3N4O3. The van der Waals surface area contributed by atoms with E-state index in [9.17, 15) is 18.0 Å². The lowest BCUT2D eigenvalue weighted by atomic mass is 10.1. The number of hydrogen-bond acceptors (Lipinski definition) is 5. The van der Waals surface area contributed by atoms with E-state index in [1.54, 1.807) is 25.3 Å². The third kappa shape index (κ3) is 4.92. The molecule has 0 aliphatic rings. The number of aromatic nitrogens is 3. The van der Waals surface area contributed by atoms with Gasteiger partial charge in [0.05, 0.1) is 18.1 Å². The molecule has 1 aromatic carbocycles. The average Bonchev–Trinajstić information content (AvgIpc) is 3.43. The second-order valence-corrected chi connectivity index (χ2v) is 5.70. The summed E-state index contributed by atoms with van der Waals surface area (Å²) >= 11 is 0. The molecule has 0 atom stereocenters. The molecule has 1 amide bonds. The van der Waals surface area contributed by atoms with E-state index in [1.165, 1.54) is 18.5 Å². The molecule has 0 saturated heterocycles. The Labute approximate surface area is 162 Å². The van der Waals surface area contributed by atoms with Gasteiger partial charge in [0.1, 0.15) is 17.5 Å². The number of rotatable bonds is 4. The van der Waals surface area contributed by atoms with E-state index in [0.29, 0.717) is 29.3 Å². The van der Waals surface area contributed by atoms with Crippen molar-refractivity contribution in [3.05, 3.63) is 77.7 Å². The van der Waals surface area contributed by atoms with Crippen molar-refractivity contribution < 1.29 is 26.9 Å². The summed E-state index contributed by atoms with van der Waals surface area (Å²) in [5.74, 6) is -1.97. The van der Waals surface area contributed by atoms with E-state index in [1.807, 2.05) is 0 Å². The Hall–Kier alpha value is -3.82. The predicted molar refractivity (Wildman–Crippen MR) is 96.4 cm³/mol. The van der Waals surface area contributed by atoms with E-state index >= 15 is 0 Å². The highest BCUT2D eigenvalue weighted by Crippen LogP contribution is 2.21. The van der Waals surface area contributed by atoms with Crippen molar-refractivity contribution >= 4 is 11.6 Å². The van der Waals surface area contributed by atoms with E-state index in [4.69, 9.17) is 8.94 Å². The topological polar surface area (TPSA) is 97.0 Å². The number of furan rings is 1. The Balaban J connectivity index is 0.000000188. The summed E-state index contributed by atoms with van der Waals surface area (Å²) < 4.78 is 47.7. The van der Waals surface area contributed by atoms with Gasteiger partial charge in [-0.3, -0.25) is 9.89 Å². The maximum absolute atomic E-state index is 12.6. The zero-order chi connectivity index (χ0) is 20.8. The summed E-state index contributed by atoms with van der Waals surface area (Å²) in [6.07, 6.45) is 4.80. The summed E-state index contributed by atoms with van der Waals surface area (Å²) in [5, 5.41) is 12.6.